The molecule has 0 saturated heterocycles. The molecule has 1 aliphatic carbocycles. The van der Waals surface area contributed by atoms with Crippen LogP contribution in [-0.2, 0) is 4.79 Å². The molecule has 1 fully saturated rings. The van der Waals surface area contributed by atoms with E-state index in [-0.39, 0.29) is 12.0 Å². The second kappa shape index (κ2) is 5.40. The molecule has 0 aromatic heterocycles. The van der Waals surface area contributed by atoms with E-state index in [2.05, 4.69) is 5.32 Å². The third-order valence-electron chi connectivity index (χ3n) is 2.83. The number of hydrogen-bond acceptors (Lipinski definition) is 3. The van der Waals surface area contributed by atoms with Crippen molar-refractivity contribution in [2.45, 2.75) is 44.9 Å². The molecule has 1 aliphatic rings. The maximum Gasteiger partial charge on any atom is 0.239 e. The average Bonchev–Trinajstić information content (AvgIpc) is 3.08. The Labute approximate surface area is 108 Å². The van der Waals surface area contributed by atoms with Crippen molar-refractivity contribution in [3.05, 3.63) is 29.8 Å². The fourth-order valence-electron chi connectivity index (χ4n) is 1.87. The quantitative estimate of drug-likeness (QED) is 0.806. The Morgan fingerprint density at radius 3 is 2.72 bits per heavy atom. The van der Waals surface area contributed by atoms with E-state index in [1.165, 1.54) is 0 Å². The summed E-state index contributed by atoms with van der Waals surface area (Å²) in [7, 11) is 0. The van der Waals surface area contributed by atoms with Gasteiger partial charge in [-0.1, -0.05) is 12.1 Å². The molecule has 1 saturated carbocycles. The third-order valence-corrected chi connectivity index (χ3v) is 2.83. The molecule has 2 rings (SSSR count). The molecule has 4 nitrogen and oxygen atoms in total. The molecular formula is C14H20N2O2. The van der Waals surface area contributed by atoms with Crippen molar-refractivity contribution in [3.8, 4) is 5.75 Å². The standard InChI is InChI=1S/C14H20N2O2/c1-9(2)18-12-5-3-4-10(8-12)13(14(15)17)16-11-6-7-11/h3-5,8-9,11,13,16H,6-7H2,1-2H3,(H2,15,17). The average molecular weight is 248 g/mol. The van der Waals surface area contributed by atoms with Crippen LogP contribution in [0.1, 0.15) is 38.3 Å². The molecule has 1 aromatic carbocycles. The highest BCUT2D eigenvalue weighted by Crippen LogP contribution is 2.26. The Hall–Kier alpha value is -1.55. The lowest BCUT2D eigenvalue weighted by Gasteiger charge is -2.17. The molecule has 0 radical (unpaired) electrons. The number of rotatable bonds is 6. The topological polar surface area (TPSA) is 64.3 Å². The van der Waals surface area contributed by atoms with Crippen molar-refractivity contribution < 1.29 is 9.53 Å². The summed E-state index contributed by atoms with van der Waals surface area (Å²) in [6.45, 7) is 3.95. The molecule has 4 heteroatoms. The van der Waals surface area contributed by atoms with Gasteiger partial charge in [0.1, 0.15) is 11.8 Å². The van der Waals surface area contributed by atoms with Gasteiger partial charge in [0.15, 0.2) is 0 Å². The highest BCUT2D eigenvalue weighted by atomic mass is 16.5. The van der Waals surface area contributed by atoms with Crippen LogP contribution >= 0.6 is 0 Å². The summed E-state index contributed by atoms with van der Waals surface area (Å²) in [5, 5.41) is 3.26. The zero-order valence-corrected chi connectivity index (χ0v) is 10.8. The van der Waals surface area contributed by atoms with Crippen LogP contribution in [-0.4, -0.2) is 18.1 Å². The minimum atomic E-state index is -0.423. The molecular weight excluding hydrogens is 228 g/mol. The van der Waals surface area contributed by atoms with Gasteiger partial charge in [-0.3, -0.25) is 10.1 Å². The smallest absolute Gasteiger partial charge is 0.239 e. The van der Waals surface area contributed by atoms with E-state index in [1.54, 1.807) is 0 Å². The minimum Gasteiger partial charge on any atom is -0.491 e. The van der Waals surface area contributed by atoms with Crippen molar-refractivity contribution >= 4 is 5.91 Å². The molecule has 1 amide bonds. The Balaban J connectivity index is 2.15. The van der Waals surface area contributed by atoms with Gasteiger partial charge < -0.3 is 10.5 Å². The highest BCUT2D eigenvalue weighted by molar-refractivity contribution is 5.81. The molecule has 3 N–H and O–H groups in total. The van der Waals surface area contributed by atoms with E-state index < -0.39 is 6.04 Å². The lowest BCUT2D eigenvalue weighted by atomic mass is 10.1. The molecule has 1 aromatic rings. The van der Waals surface area contributed by atoms with Crippen LogP contribution in [0.4, 0.5) is 0 Å². The molecule has 0 heterocycles. The van der Waals surface area contributed by atoms with Crippen molar-refractivity contribution in [1.29, 1.82) is 0 Å². The van der Waals surface area contributed by atoms with Crippen LogP contribution < -0.4 is 15.8 Å². The lowest BCUT2D eigenvalue weighted by Crippen LogP contribution is -2.34. The van der Waals surface area contributed by atoms with E-state index in [9.17, 15) is 4.79 Å². The maximum absolute atomic E-state index is 11.5. The first-order valence-electron chi connectivity index (χ1n) is 6.38. The first-order valence-corrected chi connectivity index (χ1v) is 6.38. The van der Waals surface area contributed by atoms with Crippen molar-refractivity contribution in [1.82, 2.24) is 5.32 Å². The van der Waals surface area contributed by atoms with E-state index in [0.29, 0.717) is 6.04 Å². The molecule has 0 bridgehead atoms. The van der Waals surface area contributed by atoms with Gasteiger partial charge in [0.25, 0.3) is 0 Å². The van der Waals surface area contributed by atoms with Crippen LogP contribution in [0.3, 0.4) is 0 Å². The number of hydrogen-bond donors (Lipinski definition) is 2. The Kier molecular flexibility index (Phi) is 3.87. The van der Waals surface area contributed by atoms with Crippen LogP contribution in [0.2, 0.25) is 0 Å². The third kappa shape index (κ3) is 3.47. The number of benzene rings is 1. The fraction of sp³-hybridized carbons (Fsp3) is 0.500. The monoisotopic (exact) mass is 248 g/mol. The first-order chi connectivity index (χ1) is 8.56. The second-order valence-electron chi connectivity index (χ2n) is 5.02. The van der Waals surface area contributed by atoms with Crippen molar-refractivity contribution in [2.75, 3.05) is 0 Å². The number of carbonyl (C=O) groups excluding carboxylic acids is 1. The predicted molar refractivity (Wildman–Crippen MR) is 70.3 cm³/mol. The Morgan fingerprint density at radius 2 is 2.17 bits per heavy atom. The fourth-order valence-corrected chi connectivity index (χ4v) is 1.87. The molecule has 18 heavy (non-hydrogen) atoms. The number of carbonyl (C=O) groups is 1. The van der Waals surface area contributed by atoms with Gasteiger partial charge in [0, 0.05) is 6.04 Å². The van der Waals surface area contributed by atoms with Gasteiger partial charge in [0.2, 0.25) is 5.91 Å². The van der Waals surface area contributed by atoms with Gasteiger partial charge in [-0.05, 0) is 44.4 Å². The van der Waals surface area contributed by atoms with E-state index >= 15 is 0 Å². The zero-order chi connectivity index (χ0) is 13.1. The first kappa shape index (κ1) is 12.9. The summed E-state index contributed by atoms with van der Waals surface area (Å²) < 4.78 is 5.63. The van der Waals surface area contributed by atoms with Gasteiger partial charge in [-0.15, -0.1) is 0 Å². The van der Waals surface area contributed by atoms with E-state index in [0.717, 1.165) is 24.2 Å². The SMILES string of the molecule is CC(C)Oc1cccc(C(NC2CC2)C(N)=O)c1. The highest BCUT2D eigenvalue weighted by Gasteiger charge is 2.28. The number of primary amides is 1. The molecule has 1 unspecified atom stereocenters. The number of amides is 1. The van der Waals surface area contributed by atoms with E-state index in [4.69, 9.17) is 10.5 Å². The van der Waals surface area contributed by atoms with Crippen LogP contribution in [0.5, 0.6) is 5.75 Å². The van der Waals surface area contributed by atoms with Gasteiger partial charge in [-0.2, -0.15) is 0 Å². The number of ether oxygens (including phenoxy) is 1. The maximum atomic E-state index is 11.5. The lowest BCUT2D eigenvalue weighted by molar-refractivity contribution is -0.120. The summed E-state index contributed by atoms with van der Waals surface area (Å²) in [5.41, 5.74) is 6.32. The van der Waals surface area contributed by atoms with Gasteiger partial charge in [0.05, 0.1) is 6.10 Å². The Bertz CT molecular complexity index is 428. The van der Waals surface area contributed by atoms with E-state index in [1.807, 2.05) is 38.1 Å². The van der Waals surface area contributed by atoms with Crippen LogP contribution in [0.15, 0.2) is 24.3 Å². The van der Waals surface area contributed by atoms with Gasteiger partial charge in [-0.25, -0.2) is 0 Å². The van der Waals surface area contributed by atoms with Crippen molar-refractivity contribution in [3.63, 3.8) is 0 Å². The minimum absolute atomic E-state index is 0.115. The largest absolute Gasteiger partial charge is 0.491 e. The second-order valence-corrected chi connectivity index (χ2v) is 5.02. The number of nitrogens with two attached hydrogens (primary N) is 1. The van der Waals surface area contributed by atoms with Crippen molar-refractivity contribution in [2.24, 2.45) is 5.73 Å². The molecule has 0 aliphatic heterocycles. The number of nitrogens with one attached hydrogen (secondary N) is 1. The van der Waals surface area contributed by atoms with Gasteiger partial charge >= 0.3 is 0 Å². The summed E-state index contributed by atoms with van der Waals surface area (Å²) in [4.78, 5) is 11.5. The molecule has 0 spiro atoms. The summed E-state index contributed by atoms with van der Waals surface area (Å²) in [6, 6.07) is 7.56. The normalized spacial score (nSPS) is 16.6. The zero-order valence-electron chi connectivity index (χ0n) is 10.8. The molecule has 98 valence electrons. The predicted octanol–water partition coefficient (Wildman–Crippen LogP) is 1.75. The van der Waals surface area contributed by atoms with Crippen LogP contribution in [0.25, 0.3) is 0 Å². The summed E-state index contributed by atoms with van der Waals surface area (Å²) in [5.74, 6) is 0.426. The molecule has 1 atom stereocenters. The summed E-state index contributed by atoms with van der Waals surface area (Å²) >= 11 is 0. The summed E-state index contributed by atoms with van der Waals surface area (Å²) in [6.07, 6.45) is 2.35. The Morgan fingerprint density at radius 1 is 1.44 bits per heavy atom. The van der Waals surface area contributed by atoms with Crippen LogP contribution in [0, 0.1) is 0 Å².